The third-order valence-corrected chi connectivity index (χ3v) is 11.6. The van der Waals surface area contributed by atoms with Gasteiger partial charge < -0.3 is 29.9 Å². The summed E-state index contributed by atoms with van der Waals surface area (Å²) in [5, 5.41) is 5.76. The molecule has 1 fully saturated rings. The first-order valence-electron chi connectivity index (χ1n) is 19.1. The van der Waals surface area contributed by atoms with Crippen molar-refractivity contribution in [3.63, 3.8) is 0 Å². The van der Waals surface area contributed by atoms with Gasteiger partial charge in [0.1, 0.15) is 5.78 Å². The normalized spacial score (nSPS) is 18.9. The first kappa shape index (κ1) is 45.0. The van der Waals surface area contributed by atoms with Crippen LogP contribution in [0.15, 0.2) is 30.3 Å². The number of likely N-dealkylation sites (N-methyl/N-ethyl adjacent to an activating group) is 2. The Kier molecular flexibility index (Phi) is 18.1. The van der Waals surface area contributed by atoms with Crippen LogP contribution in [-0.4, -0.2) is 111 Å². The molecular formula is C41H68N4O7. The highest BCUT2D eigenvalue weighted by molar-refractivity contribution is 5.92. The van der Waals surface area contributed by atoms with E-state index >= 15 is 0 Å². The number of methoxy groups -OCH3 is 2. The Bertz CT molecular complexity index is 1320. The molecule has 1 aliphatic heterocycles. The summed E-state index contributed by atoms with van der Waals surface area (Å²) in [5.41, 5.74) is 0.223. The van der Waals surface area contributed by atoms with Crippen molar-refractivity contribution in [1.29, 1.82) is 0 Å². The second-order valence-electron chi connectivity index (χ2n) is 15.6. The maximum absolute atomic E-state index is 14.2. The molecule has 52 heavy (non-hydrogen) atoms. The van der Waals surface area contributed by atoms with E-state index in [-0.39, 0.29) is 66.4 Å². The van der Waals surface area contributed by atoms with Gasteiger partial charge in [-0.15, -0.1) is 0 Å². The van der Waals surface area contributed by atoms with Crippen LogP contribution in [0.25, 0.3) is 0 Å². The Morgan fingerprint density at radius 3 is 2.12 bits per heavy atom. The van der Waals surface area contributed by atoms with Crippen molar-refractivity contribution in [2.45, 2.75) is 123 Å². The van der Waals surface area contributed by atoms with Gasteiger partial charge in [0, 0.05) is 65.5 Å². The summed E-state index contributed by atoms with van der Waals surface area (Å²) >= 11 is 0. The number of ether oxygens (including phenoxy) is 2. The van der Waals surface area contributed by atoms with Gasteiger partial charge in [-0.1, -0.05) is 71.4 Å². The zero-order valence-electron chi connectivity index (χ0n) is 34.0. The van der Waals surface area contributed by atoms with Crippen molar-refractivity contribution in [1.82, 2.24) is 20.4 Å². The standard InChI is InChI=1S/C41H68N4O7/c1-13-27(4)37(44(10)40(50)31(26(2)3)24-35(47)41(6,7)43-9)34(51-11)25-36(48)45-21-17-20-32(45)38(52-12)28(5)33(46)23-30(39(49)42-8)22-29-18-15-14-16-19-29/h14-16,18-19,26-28,30-32,34,37-38,43H,13,17,20-25H2,1-12H3,(H,42,49)/t27-,28-,30+,31-,32-,34+,37-,38+/m0/s1. The largest absolute Gasteiger partial charge is 0.379 e. The Morgan fingerprint density at radius 1 is 0.962 bits per heavy atom. The number of hydrogen-bond acceptors (Lipinski definition) is 8. The molecule has 1 aromatic rings. The lowest BCUT2D eigenvalue weighted by Crippen LogP contribution is -2.54. The number of carbonyl (C=O) groups excluding carboxylic acids is 5. The Balaban J connectivity index is 2.28. The van der Waals surface area contributed by atoms with E-state index in [9.17, 15) is 24.0 Å². The molecule has 0 aliphatic carbocycles. The fourth-order valence-corrected chi connectivity index (χ4v) is 7.59. The molecule has 294 valence electrons. The zero-order chi connectivity index (χ0) is 39.3. The molecule has 2 N–H and O–H groups in total. The van der Waals surface area contributed by atoms with Crippen LogP contribution < -0.4 is 10.6 Å². The Hall–Kier alpha value is -3.15. The molecular weight excluding hydrogens is 660 g/mol. The highest BCUT2D eigenvalue weighted by Gasteiger charge is 2.43. The van der Waals surface area contributed by atoms with E-state index in [2.05, 4.69) is 24.5 Å². The number of benzene rings is 1. The van der Waals surface area contributed by atoms with Crippen molar-refractivity contribution in [3.05, 3.63) is 35.9 Å². The van der Waals surface area contributed by atoms with Crippen molar-refractivity contribution in [3.8, 4) is 0 Å². The maximum atomic E-state index is 14.2. The summed E-state index contributed by atoms with van der Waals surface area (Å²) in [7, 11) is 8.22. The number of ketones is 2. The predicted octanol–water partition coefficient (Wildman–Crippen LogP) is 4.70. The van der Waals surface area contributed by atoms with E-state index in [0.29, 0.717) is 19.4 Å². The molecule has 1 aromatic carbocycles. The van der Waals surface area contributed by atoms with Crippen LogP contribution in [0.4, 0.5) is 0 Å². The minimum atomic E-state index is -0.758. The summed E-state index contributed by atoms with van der Waals surface area (Å²) in [5.74, 6) is -2.22. The van der Waals surface area contributed by atoms with Crippen LogP contribution in [0.3, 0.4) is 0 Å². The van der Waals surface area contributed by atoms with Crippen LogP contribution >= 0.6 is 0 Å². The lowest BCUT2D eigenvalue weighted by molar-refractivity contribution is -0.149. The lowest BCUT2D eigenvalue weighted by atomic mass is 9.83. The first-order valence-corrected chi connectivity index (χ1v) is 19.1. The molecule has 3 amide bonds. The summed E-state index contributed by atoms with van der Waals surface area (Å²) < 4.78 is 12.0. The van der Waals surface area contributed by atoms with Crippen LogP contribution in [0.1, 0.15) is 92.6 Å². The fourth-order valence-electron chi connectivity index (χ4n) is 7.59. The second kappa shape index (κ2) is 20.9. The van der Waals surface area contributed by atoms with Gasteiger partial charge in [0.05, 0.1) is 36.3 Å². The van der Waals surface area contributed by atoms with E-state index in [1.807, 2.05) is 69.9 Å². The summed E-state index contributed by atoms with van der Waals surface area (Å²) in [4.78, 5) is 71.6. The molecule has 0 bridgehead atoms. The van der Waals surface area contributed by atoms with E-state index < -0.39 is 41.5 Å². The number of rotatable bonds is 22. The number of likely N-dealkylation sites (tertiary alicyclic amines) is 1. The van der Waals surface area contributed by atoms with Crippen LogP contribution in [-0.2, 0) is 39.9 Å². The monoisotopic (exact) mass is 729 g/mol. The molecule has 2 rings (SSSR count). The molecule has 1 saturated heterocycles. The van der Waals surface area contributed by atoms with Gasteiger partial charge in [-0.05, 0) is 57.6 Å². The van der Waals surface area contributed by atoms with Gasteiger partial charge in [0.15, 0.2) is 5.78 Å². The van der Waals surface area contributed by atoms with E-state index in [4.69, 9.17) is 9.47 Å². The highest BCUT2D eigenvalue weighted by atomic mass is 16.5. The topological polar surface area (TPSA) is 134 Å². The van der Waals surface area contributed by atoms with Gasteiger partial charge in [0.25, 0.3) is 0 Å². The second-order valence-corrected chi connectivity index (χ2v) is 15.6. The molecule has 0 aromatic heterocycles. The molecule has 1 aliphatic rings. The molecule has 1 heterocycles. The number of hydrogen-bond donors (Lipinski definition) is 2. The van der Waals surface area contributed by atoms with Crippen molar-refractivity contribution < 1.29 is 33.4 Å². The summed E-state index contributed by atoms with van der Waals surface area (Å²) in [6, 6.07) is 8.92. The average Bonchev–Trinajstić information content (AvgIpc) is 3.62. The van der Waals surface area contributed by atoms with Gasteiger partial charge >= 0.3 is 0 Å². The number of carbonyl (C=O) groups is 5. The first-order chi connectivity index (χ1) is 24.5. The number of nitrogens with one attached hydrogen (secondary N) is 2. The molecule has 0 radical (unpaired) electrons. The van der Waals surface area contributed by atoms with Crippen molar-refractivity contribution in [2.75, 3.05) is 41.9 Å². The molecule has 0 saturated carbocycles. The quantitative estimate of drug-likeness (QED) is 0.176. The number of amides is 3. The number of Topliss-reactive ketones (excluding diaryl/α,β-unsaturated/α-hetero) is 2. The summed E-state index contributed by atoms with van der Waals surface area (Å²) in [6.45, 7) is 14.0. The maximum Gasteiger partial charge on any atom is 0.226 e. The molecule has 8 atom stereocenters. The Morgan fingerprint density at radius 2 is 1.60 bits per heavy atom. The van der Waals surface area contributed by atoms with Crippen LogP contribution in [0.5, 0.6) is 0 Å². The molecule has 0 unspecified atom stereocenters. The van der Waals surface area contributed by atoms with Gasteiger partial charge in [-0.3, -0.25) is 24.0 Å². The smallest absolute Gasteiger partial charge is 0.226 e. The van der Waals surface area contributed by atoms with Crippen molar-refractivity contribution >= 4 is 29.3 Å². The van der Waals surface area contributed by atoms with Gasteiger partial charge in [-0.2, -0.15) is 0 Å². The van der Waals surface area contributed by atoms with E-state index in [1.165, 1.54) is 0 Å². The molecule has 11 heteroatoms. The predicted molar refractivity (Wildman–Crippen MR) is 205 cm³/mol. The SMILES string of the molecule is CC[C@H](C)[C@@H]([C@@H](CC(=O)N1CCC[C@H]1[C@H](OC)[C@@H](C)C(=O)C[C@@H](Cc1ccccc1)C(=O)NC)OC)N(C)C(=O)[C@@H](CC(=O)C(C)(C)NC)C(C)C. The van der Waals surface area contributed by atoms with E-state index in [1.54, 1.807) is 40.3 Å². The summed E-state index contributed by atoms with van der Waals surface area (Å²) in [6.07, 6.45) is 1.73. The molecule has 11 nitrogen and oxygen atoms in total. The van der Waals surface area contributed by atoms with Crippen molar-refractivity contribution in [2.24, 2.45) is 29.6 Å². The van der Waals surface area contributed by atoms with E-state index in [0.717, 1.165) is 18.4 Å². The average molecular weight is 729 g/mol. The Labute approximate surface area is 313 Å². The zero-order valence-corrected chi connectivity index (χ0v) is 34.0. The minimum absolute atomic E-state index is 0.00635. The highest BCUT2D eigenvalue weighted by Crippen LogP contribution is 2.32. The number of nitrogens with zero attached hydrogens (tertiary/aromatic N) is 2. The third-order valence-electron chi connectivity index (χ3n) is 11.6. The molecule has 0 spiro atoms. The van der Waals surface area contributed by atoms with Gasteiger partial charge in [-0.25, -0.2) is 0 Å². The lowest BCUT2D eigenvalue weighted by Gasteiger charge is -2.41. The third kappa shape index (κ3) is 11.7. The fraction of sp³-hybridized carbons (Fsp3) is 0.732. The van der Waals surface area contributed by atoms with Gasteiger partial charge in [0.2, 0.25) is 17.7 Å². The van der Waals surface area contributed by atoms with Crippen LogP contribution in [0, 0.1) is 29.6 Å². The minimum Gasteiger partial charge on any atom is -0.379 e. The van der Waals surface area contributed by atoms with Crippen LogP contribution in [0.2, 0.25) is 0 Å².